The Morgan fingerprint density at radius 3 is 2.38 bits per heavy atom. The minimum absolute atomic E-state index is 0.136. The lowest BCUT2D eigenvalue weighted by Gasteiger charge is -2.08. The lowest BCUT2D eigenvalue weighted by Crippen LogP contribution is -2.24. The number of amides is 1. The molecule has 34 heavy (non-hydrogen) atoms. The third-order valence-electron chi connectivity index (χ3n) is 5.35. The molecule has 0 radical (unpaired) electrons. The monoisotopic (exact) mass is 452 g/mol. The molecule has 6 nitrogen and oxygen atoms in total. The first-order chi connectivity index (χ1) is 16.5. The van der Waals surface area contributed by atoms with Gasteiger partial charge in [-0.2, -0.15) is 5.10 Å². The van der Waals surface area contributed by atoms with E-state index in [2.05, 4.69) is 10.5 Å². The number of benzene rings is 4. The molecule has 4 rings (SSSR count). The fourth-order valence-electron chi connectivity index (χ4n) is 3.35. The highest BCUT2D eigenvalue weighted by Gasteiger charge is 2.12. The van der Waals surface area contributed by atoms with Crippen LogP contribution in [0, 0.1) is 13.8 Å². The van der Waals surface area contributed by atoms with Crippen LogP contribution in [0.5, 0.6) is 11.5 Å². The summed E-state index contributed by atoms with van der Waals surface area (Å²) in [5.41, 5.74) is 5.94. The molecule has 0 fully saturated rings. The molecule has 0 aliphatic heterocycles. The first-order valence-electron chi connectivity index (χ1n) is 10.8. The van der Waals surface area contributed by atoms with E-state index in [1.807, 2.05) is 68.4 Å². The average Bonchev–Trinajstić information content (AvgIpc) is 2.85. The molecule has 0 heterocycles. The SMILES string of the molecule is Cc1ccc(OCC(=O)N/N=C\c2ccc(OC(=O)c3cccc4ccccc34)cc2)cc1C. The second-order valence-electron chi connectivity index (χ2n) is 7.81. The van der Waals surface area contributed by atoms with Crippen LogP contribution >= 0.6 is 0 Å². The molecule has 0 bridgehead atoms. The predicted octanol–water partition coefficient (Wildman–Crippen LogP) is 5.20. The summed E-state index contributed by atoms with van der Waals surface area (Å²) < 4.78 is 11.0. The van der Waals surface area contributed by atoms with E-state index in [4.69, 9.17) is 9.47 Å². The van der Waals surface area contributed by atoms with Crippen LogP contribution in [0.4, 0.5) is 0 Å². The minimum Gasteiger partial charge on any atom is -0.484 e. The zero-order valence-corrected chi connectivity index (χ0v) is 18.9. The number of rotatable bonds is 7. The summed E-state index contributed by atoms with van der Waals surface area (Å²) in [7, 11) is 0. The molecule has 0 saturated heterocycles. The van der Waals surface area contributed by atoms with E-state index in [-0.39, 0.29) is 12.5 Å². The van der Waals surface area contributed by atoms with Gasteiger partial charge in [0.1, 0.15) is 11.5 Å². The summed E-state index contributed by atoms with van der Waals surface area (Å²) in [4.78, 5) is 24.6. The van der Waals surface area contributed by atoms with E-state index in [1.54, 1.807) is 30.3 Å². The van der Waals surface area contributed by atoms with Gasteiger partial charge < -0.3 is 9.47 Å². The van der Waals surface area contributed by atoms with Crippen molar-refractivity contribution in [3.05, 3.63) is 107 Å². The molecule has 0 aromatic heterocycles. The molecule has 6 heteroatoms. The van der Waals surface area contributed by atoms with E-state index in [0.717, 1.165) is 27.5 Å². The Balaban J connectivity index is 1.29. The summed E-state index contributed by atoms with van der Waals surface area (Å²) in [5.74, 6) is 0.265. The Hall–Kier alpha value is -4.45. The van der Waals surface area contributed by atoms with Crippen molar-refractivity contribution in [3.63, 3.8) is 0 Å². The quantitative estimate of drug-likeness (QED) is 0.181. The highest BCUT2D eigenvalue weighted by Crippen LogP contribution is 2.21. The summed E-state index contributed by atoms with van der Waals surface area (Å²) in [6.45, 7) is 3.87. The Bertz CT molecular complexity index is 1360. The van der Waals surface area contributed by atoms with Crippen molar-refractivity contribution in [2.45, 2.75) is 13.8 Å². The van der Waals surface area contributed by atoms with Crippen molar-refractivity contribution < 1.29 is 19.1 Å². The molecule has 1 N–H and O–H groups in total. The molecule has 0 spiro atoms. The van der Waals surface area contributed by atoms with E-state index >= 15 is 0 Å². The highest BCUT2D eigenvalue weighted by atomic mass is 16.5. The molecule has 1 amide bonds. The number of hydrogen-bond donors (Lipinski definition) is 1. The maximum Gasteiger partial charge on any atom is 0.344 e. The number of esters is 1. The zero-order chi connectivity index (χ0) is 23.9. The second kappa shape index (κ2) is 10.4. The molecule has 0 atom stereocenters. The number of hydrogen-bond acceptors (Lipinski definition) is 5. The van der Waals surface area contributed by atoms with Crippen molar-refractivity contribution >= 4 is 28.9 Å². The number of fused-ring (bicyclic) bond motifs is 1. The molecule has 0 unspecified atom stereocenters. The van der Waals surface area contributed by atoms with Crippen LogP contribution in [0.2, 0.25) is 0 Å². The smallest absolute Gasteiger partial charge is 0.344 e. The molecular formula is C28H24N2O4. The van der Waals surface area contributed by atoms with Gasteiger partial charge in [-0.15, -0.1) is 0 Å². The minimum atomic E-state index is -0.422. The number of ether oxygens (including phenoxy) is 2. The predicted molar refractivity (Wildman–Crippen MR) is 132 cm³/mol. The maximum absolute atomic E-state index is 12.7. The largest absolute Gasteiger partial charge is 0.484 e. The van der Waals surface area contributed by atoms with Crippen molar-refractivity contribution in [2.24, 2.45) is 5.10 Å². The molecule has 0 saturated carbocycles. The normalized spacial score (nSPS) is 10.9. The van der Waals surface area contributed by atoms with Gasteiger partial charge in [0, 0.05) is 0 Å². The van der Waals surface area contributed by atoms with Gasteiger partial charge in [-0.1, -0.05) is 42.5 Å². The van der Waals surface area contributed by atoms with Crippen molar-refractivity contribution in [1.82, 2.24) is 5.43 Å². The van der Waals surface area contributed by atoms with Crippen molar-refractivity contribution in [3.8, 4) is 11.5 Å². The van der Waals surface area contributed by atoms with Gasteiger partial charge in [0.2, 0.25) is 0 Å². The first-order valence-corrected chi connectivity index (χ1v) is 10.8. The van der Waals surface area contributed by atoms with Crippen LogP contribution < -0.4 is 14.9 Å². The summed E-state index contributed by atoms with van der Waals surface area (Å²) in [5, 5.41) is 5.77. The Labute approximate surface area is 197 Å². The van der Waals surface area contributed by atoms with Gasteiger partial charge in [0.25, 0.3) is 5.91 Å². The number of nitrogens with zero attached hydrogens (tertiary/aromatic N) is 1. The molecule has 0 aliphatic carbocycles. The van der Waals surface area contributed by atoms with Crippen LogP contribution in [0.15, 0.2) is 90.0 Å². The number of carbonyl (C=O) groups is 2. The van der Waals surface area contributed by atoms with Crippen LogP contribution in [0.25, 0.3) is 10.8 Å². The van der Waals surface area contributed by atoms with E-state index in [9.17, 15) is 9.59 Å². The van der Waals surface area contributed by atoms with Crippen LogP contribution in [0.1, 0.15) is 27.0 Å². The van der Waals surface area contributed by atoms with Gasteiger partial charge in [-0.25, -0.2) is 10.2 Å². The Morgan fingerprint density at radius 2 is 1.59 bits per heavy atom. The fourth-order valence-corrected chi connectivity index (χ4v) is 3.35. The Morgan fingerprint density at radius 1 is 0.853 bits per heavy atom. The van der Waals surface area contributed by atoms with Gasteiger partial charge in [0.05, 0.1) is 11.8 Å². The van der Waals surface area contributed by atoms with Gasteiger partial charge >= 0.3 is 5.97 Å². The van der Waals surface area contributed by atoms with Crippen molar-refractivity contribution in [1.29, 1.82) is 0 Å². The van der Waals surface area contributed by atoms with E-state index < -0.39 is 5.97 Å². The third kappa shape index (κ3) is 5.66. The Kier molecular flexibility index (Phi) is 6.98. The fraction of sp³-hybridized carbons (Fsp3) is 0.107. The summed E-state index contributed by atoms with van der Waals surface area (Å²) in [6.07, 6.45) is 1.50. The molecule has 4 aromatic carbocycles. The summed E-state index contributed by atoms with van der Waals surface area (Å²) in [6, 6.07) is 25.7. The lowest BCUT2D eigenvalue weighted by molar-refractivity contribution is -0.123. The zero-order valence-electron chi connectivity index (χ0n) is 18.9. The van der Waals surface area contributed by atoms with Crippen LogP contribution in [-0.2, 0) is 4.79 Å². The maximum atomic E-state index is 12.7. The second-order valence-corrected chi connectivity index (χ2v) is 7.81. The van der Waals surface area contributed by atoms with Gasteiger partial charge in [-0.3, -0.25) is 4.79 Å². The summed E-state index contributed by atoms with van der Waals surface area (Å²) >= 11 is 0. The molecule has 4 aromatic rings. The van der Waals surface area contributed by atoms with E-state index in [0.29, 0.717) is 17.1 Å². The van der Waals surface area contributed by atoms with Gasteiger partial charge in [-0.05, 0) is 83.8 Å². The number of nitrogens with one attached hydrogen (secondary N) is 1. The first kappa shape index (κ1) is 22.7. The molecule has 170 valence electrons. The highest BCUT2D eigenvalue weighted by molar-refractivity contribution is 6.05. The van der Waals surface area contributed by atoms with Crippen LogP contribution in [-0.4, -0.2) is 24.7 Å². The van der Waals surface area contributed by atoms with Crippen molar-refractivity contribution in [2.75, 3.05) is 6.61 Å². The standard InChI is InChI=1S/C28H24N2O4/c1-19-10-13-24(16-20(19)2)33-18-27(31)30-29-17-21-11-14-23(15-12-21)34-28(32)26-9-5-7-22-6-3-4-8-25(22)26/h3-17H,18H2,1-2H3,(H,30,31)/b29-17-. The van der Waals surface area contributed by atoms with E-state index in [1.165, 1.54) is 6.21 Å². The number of carbonyl (C=O) groups excluding carboxylic acids is 2. The molecular weight excluding hydrogens is 428 g/mol. The van der Waals surface area contributed by atoms with Crippen LogP contribution in [0.3, 0.4) is 0 Å². The number of aryl methyl sites for hydroxylation is 2. The lowest BCUT2D eigenvalue weighted by atomic mass is 10.0. The topological polar surface area (TPSA) is 77.0 Å². The average molecular weight is 453 g/mol. The third-order valence-corrected chi connectivity index (χ3v) is 5.35. The van der Waals surface area contributed by atoms with Gasteiger partial charge in [0.15, 0.2) is 6.61 Å². The molecule has 0 aliphatic rings. The number of hydrazone groups is 1.